The summed E-state index contributed by atoms with van der Waals surface area (Å²) < 4.78 is 38.7. The molecule has 160 valence electrons. The topological polar surface area (TPSA) is 75.2 Å². The Morgan fingerprint density at radius 2 is 1.90 bits per heavy atom. The van der Waals surface area contributed by atoms with Crippen LogP contribution >= 0.6 is 11.3 Å². The van der Waals surface area contributed by atoms with Crippen molar-refractivity contribution < 1.29 is 22.8 Å². The lowest BCUT2D eigenvalue weighted by Crippen LogP contribution is -2.28. The monoisotopic (exact) mass is 446 g/mol. The first kappa shape index (κ1) is 21.0. The molecule has 2 aromatic carbocycles. The number of amides is 2. The van der Waals surface area contributed by atoms with Crippen LogP contribution in [-0.4, -0.2) is 33.5 Å². The molecule has 31 heavy (non-hydrogen) atoms. The Bertz CT molecular complexity index is 1100. The molecule has 0 saturated carbocycles. The molecule has 10 heteroatoms. The van der Waals surface area contributed by atoms with Crippen LogP contribution in [0, 0.1) is 5.92 Å². The summed E-state index contributed by atoms with van der Waals surface area (Å²) in [5, 5.41) is 11.7. The van der Waals surface area contributed by atoms with E-state index in [4.69, 9.17) is 0 Å². The third kappa shape index (κ3) is 4.91. The smallest absolute Gasteiger partial charge is 0.338 e. The number of halogens is 3. The van der Waals surface area contributed by atoms with Gasteiger partial charge in [0.2, 0.25) is 16.9 Å². The second-order valence-electron chi connectivity index (χ2n) is 7.14. The number of rotatable bonds is 5. The van der Waals surface area contributed by atoms with Gasteiger partial charge in [-0.05, 0) is 17.7 Å². The molecule has 1 atom stereocenters. The molecule has 2 amide bonds. The van der Waals surface area contributed by atoms with Crippen molar-refractivity contribution in [1.29, 1.82) is 0 Å². The van der Waals surface area contributed by atoms with E-state index in [1.165, 1.54) is 28.4 Å². The predicted octanol–water partition coefficient (Wildman–Crippen LogP) is 4.21. The lowest BCUT2D eigenvalue weighted by Gasteiger charge is -2.17. The minimum atomic E-state index is -4.45. The van der Waals surface area contributed by atoms with Gasteiger partial charge in [0.15, 0.2) is 0 Å². The van der Waals surface area contributed by atoms with E-state index in [0.717, 1.165) is 17.7 Å². The molecular weight excluding hydrogens is 429 g/mol. The Balaban J connectivity index is 1.38. The van der Waals surface area contributed by atoms with Gasteiger partial charge in [-0.1, -0.05) is 53.8 Å². The first-order chi connectivity index (χ1) is 14.8. The van der Waals surface area contributed by atoms with Gasteiger partial charge in [0, 0.05) is 25.1 Å². The van der Waals surface area contributed by atoms with E-state index in [0.29, 0.717) is 15.7 Å². The van der Waals surface area contributed by atoms with Crippen LogP contribution in [0.2, 0.25) is 0 Å². The first-order valence-corrected chi connectivity index (χ1v) is 10.2. The summed E-state index contributed by atoms with van der Waals surface area (Å²) >= 11 is 1.22. The molecule has 0 aliphatic carbocycles. The van der Waals surface area contributed by atoms with Crippen LogP contribution in [0.5, 0.6) is 0 Å². The molecule has 1 aromatic heterocycles. The van der Waals surface area contributed by atoms with Crippen LogP contribution in [0.3, 0.4) is 0 Å². The van der Waals surface area contributed by atoms with E-state index in [9.17, 15) is 22.8 Å². The normalized spacial score (nSPS) is 16.5. The van der Waals surface area contributed by atoms with E-state index in [1.807, 2.05) is 30.3 Å². The van der Waals surface area contributed by atoms with E-state index < -0.39 is 17.7 Å². The van der Waals surface area contributed by atoms with Crippen LogP contribution in [0.25, 0.3) is 10.6 Å². The number of carbonyl (C=O) groups is 2. The summed E-state index contributed by atoms with van der Waals surface area (Å²) in [5.41, 5.74) is 0.473. The molecule has 3 aromatic rings. The minimum absolute atomic E-state index is 0.00482. The SMILES string of the molecule is O=C(Nc1nnc(-c2ccccc2)s1)C1CC(=O)N(Cc2cccc(C(F)(F)F)c2)C1. The molecule has 1 aliphatic heterocycles. The Hall–Kier alpha value is -3.27. The third-order valence-corrected chi connectivity index (χ3v) is 5.78. The van der Waals surface area contributed by atoms with E-state index >= 15 is 0 Å². The zero-order valence-corrected chi connectivity index (χ0v) is 16.9. The summed E-state index contributed by atoms with van der Waals surface area (Å²) in [4.78, 5) is 26.3. The summed E-state index contributed by atoms with van der Waals surface area (Å²) in [6.07, 6.45) is -4.46. The zero-order valence-electron chi connectivity index (χ0n) is 16.1. The van der Waals surface area contributed by atoms with Gasteiger partial charge in [0.1, 0.15) is 5.01 Å². The number of nitrogens with one attached hydrogen (secondary N) is 1. The Morgan fingerprint density at radius 1 is 1.13 bits per heavy atom. The number of carbonyl (C=O) groups excluding carboxylic acids is 2. The number of hydrogen-bond acceptors (Lipinski definition) is 5. The highest BCUT2D eigenvalue weighted by Crippen LogP contribution is 2.31. The number of nitrogens with zero attached hydrogens (tertiary/aromatic N) is 3. The molecule has 0 spiro atoms. The average molecular weight is 446 g/mol. The molecule has 2 heterocycles. The molecule has 1 fully saturated rings. The predicted molar refractivity (Wildman–Crippen MR) is 109 cm³/mol. The number of likely N-dealkylation sites (tertiary alicyclic amines) is 1. The highest BCUT2D eigenvalue weighted by molar-refractivity contribution is 7.18. The number of aromatic nitrogens is 2. The highest BCUT2D eigenvalue weighted by Gasteiger charge is 2.35. The van der Waals surface area contributed by atoms with Gasteiger partial charge in [0.05, 0.1) is 11.5 Å². The maximum absolute atomic E-state index is 12.9. The summed E-state index contributed by atoms with van der Waals surface area (Å²) in [6, 6.07) is 14.2. The van der Waals surface area contributed by atoms with Crippen molar-refractivity contribution in [2.45, 2.75) is 19.1 Å². The summed E-state index contributed by atoms with van der Waals surface area (Å²) in [5.74, 6) is -1.25. The molecule has 0 bridgehead atoms. The number of anilines is 1. The van der Waals surface area contributed by atoms with Gasteiger partial charge >= 0.3 is 6.18 Å². The van der Waals surface area contributed by atoms with Gasteiger partial charge in [0.25, 0.3) is 0 Å². The second kappa shape index (κ2) is 8.46. The van der Waals surface area contributed by atoms with Crippen molar-refractivity contribution in [3.8, 4) is 10.6 Å². The number of alkyl halides is 3. The standard InChI is InChI=1S/C21H17F3N4O2S/c22-21(23,24)16-8-4-5-13(9-16)11-28-12-15(10-17(28)29)18(30)25-20-27-26-19(31-20)14-6-2-1-3-7-14/h1-9,15H,10-12H2,(H,25,27,30). The van der Waals surface area contributed by atoms with E-state index in [2.05, 4.69) is 15.5 Å². The van der Waals surface area contributed by atoms with Crippen LogP contribution in [0.15, 0.2) is 54.6 Å². The fraction of sp³-hybridized carbons (Fsp3) is 0.238. The molecular formula is C21H17F3N4O2S. The van der Waals surface area contributed by atoms with Gasteiger partial charge < -0.3 is 10.2 Å². The molecule has 1 unspecified atom stereocenters. The maximum atomic E-state index is 12.9. The summed E-state index contributed by atoms with van der Waals surface area (Å²) in [7, 11) is 0. The molecule has 1 saturated heterocycles. The van der Waals surface area contributed by atoms with Crippen molar-refractivity contribution in [3.63, 3.8) is 0 Å². The van der Waals surface area contributed by atoms with E-state index in [-0.39, 0.29) is 31.3 Å². The Labute approximate surface area is 179 Å². The van der Waals surface area contributed by atoms with Gasteiger partial charge in [-0.25, -0.2) is 0 Å². The summed E-state index contributed by atoms with van der Waals surface area (Å²) in [6.45, 7) is 0.148. The average Bonchev–Trinajstić information content (AvgIpc) is 3.35. The lowest BCUT2D eigenvalue weighted by molar-refractivity contribution is -0.137. The lowest BCUT2D eigenvalue weighted by atomic mass is 10.1. The minimum Gasteiger partial charge on any atom is -0.338 e. The van der Waals surface area contributed by atoms with Crippen molar-refractivity contribution >= 4 is 28.3 Å². The molecule has 1 N–H and O–H groups in total. The number of hydrogen-bond donors (Lipinski definition) is 1. The highest BCUT2D eigenvalue weighted by atomic mass is 32.1. The van der Waals surface area contributed by atoms with Gasteiger partial charge in [-0.3, -0.25) is 9.59 Å². The number of benzene rings is 2. The first-order valence-electron chi connectivity index (χ1n) is 9.43. The van der Waals surface area contributed by atoms with Crippen LogP contribution in [-0.2, 0) is 22.3 Å². The fourth-order valence-electron chi connectivity index (χ4n) is 3.35. The van der Waals surface area contributed by atoms with Gasteiger partial charge in [-0.15, -0.1) is 10.2 Å². The van der Waals surface area contributed by atoms with Crippen LogP contribution in [0.1, 0.15) is 17.5 Å². The Kier molecular flexibility index (Phi) is 5.73. The Morgan fingerprint density at radius 3 is 2.65 bits per heavy atom. The largest absolute Gasteiger partial charge is 0.416 e. The molecule has 1 aliphatic rings. The molecule has 0 radical (unpaired) electrons. The van der Waals surface area contributed by atoms with Crippen LogP contribution < -0.4 is 5.32 Å². The van der Waals surface area contributed by atoms with Crippen molar-refractivity contribution in [3.05, 3.63) is 65.7 Å². The molecule has 4 rings (SSSR count). The van der Waals surface area contributed by atoms with Crippen molar-refractivity contribution in [2.24, 2.45) is 5.92 Å². The van der Waals surface area contributed by atoms with Gasteiger partial charge in [-0.2, -0.15) is 13.2 Å². The second-order valence-corrected chi connectivity index (χ2v) is 8.12. The maximum Gasteiger partial charge on any atom is 0.416 e. The quantitative estimate of drug-likeness (QED) is 0.637. The van der Waals surface area contributed by atoms with Crippen molar-refractivity contribution in [2.75, 3.05) is 11.9 Å². The molecule has 6 nitrogen and oxygen atoms in total. The fourth-order valence-corrected chi connectivity index (χ4v) is 4.10. The van der Waals surface area contributed by atoms with Crippen molar-refractivity contribution in [1.82, 2.24) is 15.1 Å². The van der Waals surface area contributed by atoms with Crippen LogP contribution in [0.4, 0.5) is 18.3 Å². The third-order valence-electron chi connectivity index (χ3n) is 4.89. The van der Waals surface area contributed by atoms with E-state index in [1.54, 1.807) is 0 Å². The zero-order chi connectivity index (χ0) is 22.0.